The summed E-state index contributed by atoms with van der Waals surface area (Å²) in [5, 5.41) is 3.49. The maximum Gasteiger partial charge on any atom is 0.129 e. The number of hydrogen-bond donors (Lipinski definition) is 1. The van der Waals surface area contributed by atoms with Crippen molar-refractivity contribution < 1.29 is 4.74 Å². The zero-order valence-electron chi connectivity index (χ0n) is 12.3. The first-order valence-electron chi connectivity index (χ1n) is 7.16. The SMILES string of the molecule is Cc1cc(CNCC(C)C)cc(N2CCOCC2)n1. The normalized spacial score (nSPS) is 16.1. The molecular weight excluding hydrogens is 238 g/mol. The fraction of sp³-hybridized carbons (Fsp3) is 0.667. The third-order valence-electron chi connectivity index (χ3n) is 3.22. The largest absolute Gasteiger partial charge is 0.378 e. The molecule has 0 bridgehead atoms. The van der Waals surface area contributed by atoms with Crippen molar-refractivity contribution in [3.05, 3.63) is 23.4 Å². The lowest BCUT2D eigenvalue weighted by atomic mass is 10.2. The Balaban J connectivity index is 2.01. The van der Waals surface area contributed by atoms with Gasteiger partial charge in [-0.1, -0.05) is 13.8 Å². The summed E-state index contributed by atoms with van der Waals surface area (Å²) in [6.07, 6.45) is 0. The van der Waals surface area contributed by atoms with Gasteiger partial charge in [-0.3, -0.25) is 0 Å². The number of morpholine rings is 1. The molecular formula is C15H25N3O. The van der Waals surface area contributed by atoms with Gasteiger partial charge < -0.3 is 15.0 Å². The molecule has 1 aliphatic heterocycles. The Kier molecular flexibility index (Phi) is 5.16. The van der Waals surface area contributed by atoms with Gasteiger partial charge in [0.15, 0.2) is 0 Å². The van der Waals surface area contributed by atoms with Gasteiger partial charge in [0, 0.05) is 25.3 Å². The van der Waals surface area contributed by atoms with E-state index < -0.39 is 0 Å². The highest BCUT2D eigenvalue weighted by atomic mass is 16.5. The van der Waals surface area contributed by atoms with Gasteiger partial charge in [-0.15, -0.1) is 0 Å². The first kappa shape index (κ1) is 14.3. The molecule has 0 saturated carbocycles. The van der Waals surface area contributed by atoms with E-state index in [1.54, 1.807) is 0 Å². The Morgan fingerprint density at radius 2 is 2.05 bits per heavy atom. The number of anilines is 1. The molecule has 4 heteroatoms. The second-order valence-electron chi connectivity index (χ2n) is 5.60. The zero-order chi connectivity index (χ0) is 13.7. The van der Waals surface area contributed by atoms with Crippen molar-refractivity contribution >= 4 is 5.82 Å². The number of rotatable bonds is 5. The lowest BCUT2D eigenvalue weighted by molar-refractivity contribution is 0.122. The summed E-state index contributed by atoms with van der Waals surface area (Å²) >= 11 is 0. The van der Waals surface area contributed by atoms with Crippen LogP contribution in [0.1, 0.15) is 25.1 Å². The minimum Gasteiger partial charge on any atom is -0.378 e. The highest BCUT2D eigenvalue weighted by molar-refractivity contribution is 5.43. The van der Waals surface area contributed by atoms with Crippen molar-refractivity contribution in [2.75, 3.05) is 37.7 Å². The van der Waals surface area contributed by atoms with Crippen LogP contribution in [0.4, 0.5) is 5.82 Å². The van der Waals surface area contributed by atoms with E-state index in [1.165, 1.54) is 5.56 Å². The third kappa shape index (κ3) is 4.48. The van der Waals surface area contributed by atoms with Gasteiger partial charge in [0.25, 0.3) is 0 Å². The number of nitrogens with one attached hydrogen (secondary N) is 1. The van der Waals surface area contributed by atoms with E-state index in [2.05, 4.69) is 48.1 Å². The molecule has 1 aliphatic rings. The van der Waals surface area contributed by atoms with Crippen molar-refractivity contribution in [3.8, 4) is 0 Å². The molecule has 106 valence electrons. The van der Waals surface area contributed by atoms with Crippen molar-refractivity contribution in [3.63, 3.8) is 0 Å². The quantitative estimate of drug-likeness (QED) is 0.881. The topological polar surface area (TPSA) is 37.4 Å². The summed E-state index contributed by atoms with van der Waals surface area (Å²) in [7, 11) is 0. The average Bonchev–Trinajstić information content (AvgIpc) is 2.39. The molecule has 0 aromatic carbocycles. The average molecular weight is 263 g/mol. The molecule has 1 aromatic heterocycles. The predicted molar refractivity (Wildman–Crippen MR) is 78.6 cm³/mol. The molecule has 0 atom stereocenters. The number of nitrogens with zero attached hydrogens (tertiary/aromatic N) is 2. The van der Waals surface area contributed by atoms with Crippen molar-refractivity contribution in [2.24, 2.45) is 5.92 Å². The molecule has 19 heavy (non-hydrogen) atoms. The summed E-state index contributed by atoms with van der Waals surface area (Å²) in [6.45, 7) is 12.0. The first-order chi connectivity index (χ1) is 9.15. The molecule has 1 N–H and O–H groups in total. The zero-order valence-corrected chi connectivity index (χ0v) is 12.3. The highest BCUT2D eigenvalue weighted by Crippen LogP contribution is 2.16. The maximum absolute atomic E-state index is 5.39. The first-order valence-corrected chi connectivity index (χ1v) is 7.16. The minimum absolute atomic E-state index is 0.682. The van der Waals surface area contributed by atoms with Crippen LogP contribution in [0.15, 0.2) is 12.1 Å². The van der Waals surface area contributed by atoms with Gasteiger partial charge >= 0.3 is 0 Å². The van der Waals surface area contributed by atoms with Gasteiger partial charge in [-0.25, -0.2) is 4.98 Å². The van der Waals surface area contributed by atoms with Crippen molar-refractivity contribution in [1.29, 1.82) is 0 Å². The van der Waals surface area contributed by atoms with Crippen LogP contribution >= 0.6 is 0 Å². The fourth-order valence-electron chi connectivity index (χ4n) is 2.28. The number of aryl methyl sites for hydroxylation is 1. The van der Waals surface area contributed by atoms with Crippen molar-refractivity contribution in [1.82, 2.24) is 10.3 Å². The van der Waals surface area contributed by atoms with Crippen LogP contribution in [-0.2, 0) is 11.3 Å². The van der Waals surface area contributed by atoms with E-state index >= 15 is 0 Å². The molecule has 4 nitrogen and oxygen atoms in total. The van der Waals surface area contributed by atoms with E-state index in [0.717, 1.165) is 50.9 Å². The van der Waals surface area contributed by atoms with E-state index in [0.29, 0.717) is 5.92 Å². The molecule has 0 aliphatic carbocycles. The van der Waals surface area contributed by atoms with Crippen LogP contribution in [0.3, 0.4) is 0 Å². The van der Waals surface area contributed by atoms with Gasteiger partial charge in [-0.2, -0.15) is 0 Å². The van der Waals surface area contributed by atoms with Gasteiger partial charge in [0.1, 0.15) is 5.82 Å². The Bertz CT molecular complexity index is 400. The van der Waals surface area contributed by atoms with Crippen molar-refractivity contribution in [2.45, 2.75) is 27.3 Å². The number of hydrogen-bond acceptors (Lipinski definition) is 4. The fourth-order valence-corrected chi connectivity index (χ4v) is 2.28. The second kappa shape index (κ2) is 6.87. The van der Waals surface area contributed by atoms with E-state index in [-0.39, 0.29) is 0 Å². The lowest BCUT2D eigenvalue weighted by Crippen LogP contribution is -2.37. The van der Waals surface area contributed by atoms with Crippen LogP contribution in [0.25, 0.3) is 0 Å². The van der Waals surface area contributed by atoms with Gasteiger partial charge in [-0.05, 0) is 37.1 Å². The summed E-state index contributed by atoms with van der Waals surface area (Å²) in [6, 6.07) is 4.36. The smallest absolute Gasteiger partial charge is 0.129 e. The standard InChI is InChI=1S/C15H25N3O/c1-12(2)10-16-11-14-8-13(3)17-15(9-14)18-4-6-19-7-5-18/h8-9,12,16H,4-7,10-11H2,1-3H3. The molecule has 0 spiro atoms. The molecule has 2 rings (SSSR count). The van der Waals surface area contributed by atoms with Crippen LogP contribution in [-0.4, -0.2) is 37.8 Å². The number of pyridine rings is 1. The Labute approximate surface area is 116 Å². The Morgan fingerprint density at radius 3 is 2.74 bits per heavy atom. The van der Waals surface area contributed by atoms with Crippen LogP contribution in [0.5, 0.6) is 0 Å². The Hall–Kier alpha value is -1.13. The lowest BCUT2D eigenvalue weighted by Gasteiger charge is -2.28. The van der Waals surface area contributed by atoms with Crippen LogP contribution < -0.4 is 10.2 Å². The summed E-state index contributed by atoms with van der Waals surface area (Å²) in [4.78, 5) is 6.95. The highest BCUT2D eigenvalue weighted by Gasteiger charge is 2.13. The third-order valence-corrected chi connectivity index (χ3v) is 3.22. The molecule has 0 amide bonds. The Morgan fingerprint density at radius 1 is 1.32 bits per heavy atom. The minimum atomic E-state index is 0.682. The number of aromatic nitrogens is 1. The number of ether oxygens (including phenoxy) is 1. The second-order valence-corrected chi connectivity index (χ2v) is 5.60. The van der Waals surface area contributed by atoms with Crippen LogP contribution in [0.2, 0.25) is 0 Å². The van der Waals surface area contributed by atoms with E-state index in [4.69, 9.17) is 4.74 Å². The molecule has 2 heterocycles. The molecule has 1 aromatic rings. The van der Waals surface area contributed by atoms with E-state index in [1.807, 2.05) is 0 Å². The predicted octanol–water partition coefficient (Wildman–Crippen LogP) is 1.97. The van der Waals surface area contributed by atoms with Gasteiger partial charge in [0.2, 0.25) is 0 Å². The van der Waals surface area contributed by atoms with Gasteiger partial charge in [0.05, 0.1) is 13.2 Å². The van der Waals surface area contributed by atoms with E-state index in [9.17, 15) is 0 Å². The molecule has 0 radical (unpaired) electrons. The molecule has 0 unspecified atom stereocenters. The molecule has 1 saturated heterocycles. The maximum atomic E-state index is 5.39. The summed E-state index contributed by atoms with van der Waals surface area (Å²) < 4.78 is 5.39. The van der Waals surface area contributed by atoms with Crippen LogP contribution in [0, 0.1) is 12.8 Å². The monoisotopic (exact) mass is 263 g/mol. The summed E-state index contributed by atoms with van der Waals surface area (Å²) in [5.74, 6) is 1.77. The molecule has 1 fully saturated rings. The summed E-state index contributed by atoms with van der Waals surface area (Å²) in [5.41, 5.74) is 2.40.